The molecule has 15 heavy (non-hydrogen) atoms. The quantitative estimate of drug-likeness (QED) is 0.729. The first-order chi connectivity index (χ1) is 7.31. The molecule has 0 aliphatic rings. The fraction of sp³-hybridized carbons (Fsp3) is 0.111. The molecule has 0 unspecified atom stereocenters. The van der Waals surface area contributed by atoms with Crippen LogP contribution in [0.2, 0.25) is 0 Å². The van der Waals surface area contributed by atoms with Gasteiger partial charge in [0, 0.05) is 6.20 Å². The minimum Gasteiger partial charge on any atom is -0.479 e. The molecule has 72 valence electrons. The van der Waals surface area contributed by atoms with Crippen molar-refractivity contribution in [1.29, 1.82) is 10.5 Å². The van der Waals surface area contributed by atoms with Gasteiger partial charge in [0.25, 0.3) is 0 Å². The van der Waals surface area contributed by atoms with Gasteiger partial charge in [-0.25, -0.2) is 4.98 Å². The molecule has 2 aromatic heterocycles. The van der Waals surface area contributed by atoms with Gasteiger partial charge in [0.2, 0.25) is 5.88 Å². The summed E-state index contributed by atoms with van der Waals surface area (Å²) in [5.74, 6) is 0.318. The normalized spacial score (nSPS) is 9.53. The lowest BCUT2D eigenvalue weighted by molar-refractivity contribution is 0.402. The van der Waals surface area contributed by atoms with Gasteiger partial charge in [-0.1, -0.05) is 0 Å². The number of nitrogens with zero attached hydrogens (tertiary/aromatic N) is 4. The Morgan fingerprint density at radius 2 is 2.20 bits per heavy atom. The van der Waals surface area contributed by atoms with E-state index in [0.717, 1.165) is 0 Å². The van der Waals surface area contributed by atoms with E-state index in [-0.39, 0.29) is 5.69 Å². The number of aromatic amines is 1. The molecule has 0 atom stereocenters. The molecule has 2 heterocycles. The predicted octanol–water partition coefficient (Wildman–Crippen LogP) is 0.710. The highest BCUT2D eigenvalue weighted by Crippen LogP contribution is 2.25. The molecule has 0 aliphatic heterocycles. The molecule has 0 saturated carbocycles. The number of pyridine rings is 1. The Labute approximate surface area is 84.7 Å². The maximum absolute atomic E-state index is 8.86. The van der Waals surface area contributed by atoms with Gasteiger partial charge in [0.15, 0.2) is 5.69 Å². The highest BCUT2D eigenvalue weighted by Gasteiger charge is 2.14. The van der Waals surface area contributed by atoms with Gasteiger partial charge in [0.1, 0.15) is 17.7 Å². The number of nitriles is 2. The van der Waals surface area contributed by atoms with Crippen LogP contribution in [0.15, 0.2) is 6.20 Å². The van der Waals surface area contributed by atoms with E-state index in [1.165, 1.54) is 13.3 Å². The summed E-state index contributed by atoms with van der Waals surface area (Å²) in [7, 11) is 1.46. The number of methoxy groups -OCH3 is 1. The zero-order valence-electron chi connectivity index (χ0n) is 7.77. The van der Waals surface area contributed by atoms with E-state index in [9.17, 15) is 0 Å². The summed E-state index contributed by atoms with van der Waals surface area (Å²) in [6.45, 7) is 0. The number of hydrogen-bond acceptors (Lipinski definition) is 5. The van der Waals surface area contributed by atoms with Crippen LogP contribution in [0, 0.1) is 22.7 Å². The largest absolute Gasteiger partial charge is 0.479 e. The number of hydrogen-bond donors (Lipinski definition) is 1. The van der Waals surface area contributed by atoms with Crippen molar-refractivity contribution in [2.75, 3.05) is 7.11 Å². The lowest BCUT2D eigenvalue weighted by Gasteiger charge is -1.99. The Morgan fingerprint density at radius 3 is 2.80 bits per heavy atom. The van der Waals surface area contributed by atoms with Crippen LogP contribution in [-0.4, -0.2) is 22.3 Å². The van der Waals surface area contributed by atoms with Crippen LogP contribution in [0.3, 0.4) is 0 Å². The molecule has 0 spiro atoms. The van der Waals surface area contributed by atoms with E-state index in [1.807, 2.05) is 12.1 Å². The molecule has 0 fully saturated rings. The fourth-order valence-electron chi connectivity index (χ4n) is 1.33. The first-order valence-corrected chi connectivity index (χ1v) is 4.03. The van der Waals surface area contributed by atoms with Crippen molar-refractivity contribution in [2.45, 2.75) is 0 Å². The van der Waals surface area contributed by atoms with E-state index in [4.69, 9.17) is 15.3 Å². The highest BCUT2D eigenvalue weighted by molar-refractivity contribution is 5.91. The van der Waals surface area contributed by atoms with Gasteiger partial charge >= 0.3 is 0 Å². The summed E-state index contributed by atoms with van der Waals surface area (Å²) < 4.78 is 4.98. The summed E-state index contributed by atoms with van der Waals surface area (Å²) in [6.07, 6.45) is 1.36. The van der Waals surface area contributed by atoms with Crippen LogP contribution < -0.4 is 4.74 Å². The van der Waals surface area contributed by atoms with Crippen LogP contribution in [0.4, 0.5) is 0 Å². The molecule has 0 amide bonds. The van der Waals surface area contributed by atoms with Crippen molar-refractivity contribution in [3.8, 4) is 18.0 Å². The number of nitrogens with one attached hydrogen (secondary N) is 1. The van der Waals surface area contributed by atoms with Gasteiger partial charge in [-0.15, -0.1) is 0 Å². The van der Waals surface area contributed by atoms with Gasteiger partial charge in [-0.05, 0) is 0 Å². The number of ether oxygens (including phenoxy) is 1. The maximum Gasteiger partial charge on any atom is 0.239 e. The maximum atomic E-state index is 8.86. The molecule has 2 aromatic rings. The monoisotopic (exact) mass is 199 g/mol. The van der Waals surface area contributed by atoms with Crippen molar-refractivity contribution >= 4 is 10.9 Å². The Balaban J connectivity index is 2.92. The molecule has 0 aliphatic carbocycles. The molecule has 0 radical (unpaired) electrons. The van der Waals surface area contributed by atoms with Crippen LogP contribution in [0.25, 0.3) is 10.9 Å². The number of H-pyrrole nitrogens is 1. The van der Waals surface area contributed by atoms with Crippen molar-refractivity contribution in [2.24, 2.45) is 0 Å². The predicted molar refractivity (Wildman–Crippen MR) is 49.9 cm³/mol. The molecular formula is C9H5N5O. The Bertz CT molecular complexity index is 601. The zero-order chi connectivity index (χ0) is 10.8. The van der Waals surface area contributed by atoms with Crippen molar-refractivity contribution in [3.05, 3.63) is 17.5 Å². The summed E-state index contributed by atoms with van der Waals surface area (Å²) in [5, 5.41) is 24.5. The molecule has 6 heteroatoms. The van der Waals surface area contributed by atoms with E-state index in [0.29, 0.717) is 22.3 Å². The standard InChI is InChI=1S/C9H5N5O/c1-15-9-8-7(5(2-10)4-12-9)6(3-11)13-14-8/h4H,1H3,(H,13,14). The summed E-state index contributed by atoms with van der Waals surface area (Å²) >= 11 is 0. The van der Waals surface area contributed by atoms with E-state index in [2.05, 4.69) is 15.2 Å². The van der Waals surface area contributed by atoms with Crippen LogP contribution in [-0.2, 0) is 0 Å². The van der Waals surface area contributed by atoms with Crippen molar-refractivity contribution < 1.29 is 4.74 Å². The summed E-state index contributed by atoms with van der Waals surface area (Å²) in [5.41, 5.74) is 0.937. The molecule has 1 N–H and O–H groups in total. The lowest BCUT2D eigenvalue weighted by atomic mass is 10.1. The third-order valence-electron chi connectivity index (χ3n) is 1.98. The number of rotatable bonds is 1. The van der Waals surface area contributed by atoms with Gasteiger partial charge in [0.05, 0.1) is 18.1 Å². The zero-order valence-corrected chi connectivity index (χ0v) is 7.77. The van der Waals surface area contributed by atoms with E-state index < -0.39 is 0 Å². The third kappa shape index (κ3) is 1.17. The number of aromatic nitrogens is 3. The van der Waals surface area contributed by atoms with Crippen LogP contribution in [0.5, 0.6) is 5.88 Å². The van der Waals surface area contributed by atoms with Gasteiger partial charge in [-0.2, -0.15) is 15.6 Å². The molecule has 0 bridgehead atoms. The summed E-state index contributed by atoms with van der Waals surface area (Å²) in [6, 6.07) is 3.85. The SMILES string of the molecule is COc1ncc(C#N)c2c(C#N)n[nH]c12. The molecule has 0 saturated heterocycles. The highest BCUT2D eigenvalue weighted by atomic mass is 16.5. The average Bonchev–Trinajstić information content (AvgIpc) is 2.71. The second-order valence-corrected chi connectivity index (χ2v) is 2.73. The topological polar surface area (TPSA) is 98.4 Å². The minimum atomic E-state index is 0.169. The first kappa shape index (κ1) is 8.97. The smallest absolute Gasteiger partial charge is 0.239 e. The fourth-order valence-corrected chi connectivity index (χ4v) is 1.33. The van der Waals surface area contributed by atoms with E-state index >= 15 is 0 Å². The average molecular weight is 199 g/mol. The molecule has 0 aromatic carbocycles. The van der Waals surface area contributed by atoms with Crippen LogP contribution in [0.1, 0.15) is 11.3 Å². The second-order valence-electron chi connectivity index (χ2n) is 2.73. The summed E-state index contributed by atoms with van der Waals surface area (Å²) in [4.78, 5) is 3.92. The lowest BCUT2D eigenvalue weighted by Crippen LogP contribution is -1.90. The van der Waals surface area contributed by atoms with Gasteiger partial charge in [-0.3, -0.25) is 5.10 Å². The minimum absolute atomic E-state index is 0.169. The Hall–Kier alpha value is -2.60. The third-order valence-corrected chi connectivity index (χ3v) is 1.98. The van der Waals surface area contributed by atoms with Crippen molar-refractivity contribution in [3.63, 3.8) is 0 Å². The van der Waals surface area contributed by atoms with E-state index in [1.54, 1.807) is 0 Å². The second kappa shape index (κ2) is 3.28. The first-order valence-electron chi connectivity index (χ1n) is 4.03. The Kier molecular flexibility index (Phi) is 1.96. The van der Waals surface area contributed by atoms with Crippen LogP contribution >= 0.6 is 0 Å². The molecular weight excluding hydrogens is 194 g/mol. The van der Waals surface area contributed by atoms with Crippen molar-refractivity contribution in [1.82, 2.24) is 15.2 Å². The van der Waals surface area contributed by atoms with Gasteiger partial charge < -0.3 is 4.74 Å². The Morgan fingerprint density at radius 1 is 1.40 bits per heavy atom. The molecule has 2 rings (SSSR count). The number of fused-ring (bicyclic) bond motifs is 1. The molecule has 6 nitrogen and oxygen atoms in total.